The van der Waals surface area contributed by atoms with Crippen LogP contribution < -0.4 is 0 Å². The molecule has 0 spiro atoms. The van der Waals surface area contributed by atoms with Crippen LogP contribution in [0.3, 0.4) is 0 Å². The third-order valence-corrected chi connectivity index (χ3v) is 2.84. The molecule has 0 saturated heterocycles. The van der Waals surface area contributed by atoms with Crippen LogP contribution in [0.4, 0.5) is 0 Å². The van der Waals surface area contributed by atoms with E-state index in [-0.39, 0.29) is 5.56 Å². The van der Waals surface area contributed by atoms with E-state index in [0.29, 0.717) is 5.75 Å². The van der Waals surface area contributed by atoms with Crippen molar-refractivity contribution in [1.82, 2.24) is 15.0 Å². The smallest absolute Gasteiger partial charge is 0.337 e. The lowest BCUT2D eigenvalue weighted by Gasteiger charge is -1.99. The van der Waals surface area contributed by atoms with Gasteiger partial charge < -0.3 is 10.1 Å². The summed E-state index contributed by atoms with van der Waals surface area (Å²) in [6.07, 6.45) is 4.80. The van der Waals surface area contributed by atoms with Gasteiger partial charge in [0.2, 0.25) is 0 Å². The Morgan fingerprint density at radius 1 is 1.44 bits per heavy atom. The lowest BCUT2D eigenvalue weighted by Crippen LogP contribution is -1.98. The third kappa shape index (κ3) is 2.60. The number of pyridine rings is 1. The van der Waals surface area contributed by atoms with E-state index in [1.807, 2.05) is 0 Å². The second-order valence-electron chi connectivity index (χ2n) is 3.03. The van der Waals surface area contributed by atoms with Crippen molar-refractivity contribution in [3.05, 3.63) is 42.0 Å². The molecule has 5 nitrogen and oxygen atoms in total. The zero-order valence-electron chi connectivity index (χ0n) is 8.25. The Bertz CT molecular complexity index is 467. The summed E-state index contributed by atoms with van der Waals surface area (Å²) in [5.41, 5.74) is 1.03. The molecular formula is C10H9N3O2S. The standard InChI is InChI=1S/C10H9N3O2S/c14-9(15)7-1-2-8(13-5-7)6-16-10-11-3-4-12-10/h1-5H,6H2,(H,11,12)(H,14,15). The number of H-pyrrole nitrogens is 1. The molecule has 2 N–H and O–H groups in total. The van der Waals surface area contributed by atoms with Crippen molar-refractivity contribution in [2.75, 3.05) is 0 Å². The molecule has 0 unspecified atom stereocenters. The van der Waals surface area contributed by atoms with Gasteiger partial charge in [0.05, 0.1) is 11.3 Å². The highest BCUT2D eigenvalue weighted by molar-refractivity contribution is 7.98. The van der Waals surface area contributed by atoms with Crippen LogP contribution in [0, 0.1) is 0 Å². The summed E-state index contributed by atoms with van der Waals surface area (Å²) >= 11 is 1.52. The van der Waals surface area contributed by atoms with E-state index in [9.17, 15) is 4.79 Å². The lowest BCUT2D eigenvalue weighted by molar-refractivity contribution is 0.0696. The van der Waals surface area contributed by atoms with Crippen molar-refractivity contribution in [3.63, 3.8) is 0 Å². The monoisotopic (exact) mass is 235 g/mol. The van der Waals surface area contributed by atoms with Crippen molar-refractivity contribution in [2.45, 2.75) is 10.9 Å². The number of nitrogens with zero attached hydrogens (tertiary/aromatic N) is 2. The number of aromatic nitrogens is 3. The minimum absolute atomic E-state index is 0.201. The molecule has 0 aliphatic rings. The zero-order valence-corrected chi connectivity index (χ0v) is 9.07. The number of aromatic carboxylic acids is 1. The second kappa shape index (κ2) is 4.80. The third-order valence-electron chi connectivity index (χ3n) is 1.90. The Morgan fingerprint density at radius 2 is 2.31 bits per heavy atom. The minimum Gasteiger partial charge on any atom is -0.478 e. The molecule has 6 heteroatoms. The van der Waals surface area contributed by atoms with Crippen molar-refractivity contribution >= 4 is 17.7 Å². The van der Waals surface area contributed by atoms with Crippen LogP contribution in [0.2, 0.25) is 0 Å². The maximum Gasteiger partial charge on any atom is 0.337 e. The van der Waals surface area contributed by atoms with Crippen LogP contribution in [0.1, 0.15) is 16.1 Å². The van der Waals surface area contributed by atoms with Gasteiger partial charge >= 0.3 is 5.97 Å². The molecule has 2 aromatic rings. The van der Waals surface area contributed by atoms with Crippen molar-refractivity contribution in [1.29, 1.82) is 0 Å². The largest absolute Gasteiger partial charge is 0.478 e. The van der Waals surface area contributed by atoms with Crippen molar-refractivity contribution in [3.8, 4) is 0 Å². The van der Waals surface area contributed by atoms with Gasteiger partial charge in [0.15, 0.2) is 5.16 Å². The molecule has 2 heterocycles. The molecule has 0 aliphatic heterocycles. The molecular weight excluding hydrogens is 226 g/mol. The number of hydrogen-bond donors (Lipinski definition) is 2. The summed E-state index contributed by atoms with van der Waals surface area (Å²) < 4.78 is 0. The van der Waals surface area contributed by atoms with E-state index in [0.717, 1.165) is 10.9 Å². The molecule has 0 saturated carbocycles. The van der Waals surface area contributed by atoms with E-state index in [1.54, 1.807) is 24.5 Å². The number of aromatic amines is 1. The normalized spacial score (nSPS) is 10.2. The quantitative estimate of drug-likeness (QED) is 0.790. The average Bonchev–Trinajstić information content (AvgIpc) is 2.80. The maximum atomic E-state index is 10.6. The van der Waals surface area contributed by atoms with Gasteiger partial charge in [-0.25, -0.2) is 9.78 Å². The van der Waals surface area contributed by atoms with E-state index in [1.165, 1.54) is 18.0 Å². The molecule has 2 aromatic heterocycles. The van der Waals surface area contributed by atoms with Crippen LogP contribution >= 0.6 is 11.8 Å². The number of thioether (sulfide) groups is 1. The fraction of sp³-hybridized carbons (Fsp3) is 0.100. The van der Waals surface area contributed by atoms with Crippen LogP contribution in [-0.4, -0.2) is 26.0 Å². The van der Waals surface area contributed by atoms with Gasteiger partial charge in [-0.1, -0.05) is 11.8 Å². The van der Waals surface area contributed by atoms with Gasteiger partial charge in [0.1, 0.15) is 0 Å². The molecule has 0 radical (unpaired) electrons. The molecule has 0 amide bonds. The van der Waals surface area contributed by atoms with Crippen LogP contribution in [0.15, 0.2) is 35.9 Å². The Hall–Kier alpha value is -1.82. The highest BCUT2D eigenvalue weighted by Gasteiger charge is 2.03. The predicted molar refractivity (Wildman–Crippen MR) is 59.3 cm³/mol. The average molecular weight is 235 g/mol. The van der Waals surface area contributed by atoms with Gasteiger partial charge in [-0.15, -0.1) is 0 Å². The number of carboxylic acid groups (broad SMARTS) is 1. The summed E-state index contributed by atoms with van der Waals surface area (Å²) in [6.45, 7) is 0. The number of rotatable bonds is 4. The Labute approximate surface area is 95.9 Å². The van der Waals surface area contributed by atoms with Crippen molar-refractivity contribution < 1.29 is 9.90 Å². The molecule has 16 heavy (non-hydrogen) atoms. The van der Waals surface area contributed by atoms with Gasteiger partial charge in [-0.2, -0.15) is 0 Å². The number of imidazole rings is 1. The molecule has 0 aromatic carbocycles. The summed E-state index contributed by atoms with van der Waals surface area (Å²) in [5, 5.41) is 9.52. The molecule has 82 valence electrons. The van der Waals surface area contributed by atoms with Crippen LogP contribution in [-0.2, 0) is 5.75 Å². The van der Waals surface area contributed by atoms with E-state index in [4.69, 9.17) is 5.11 Å². The van der Waals surface area contributed by atoms with Crippen molar-refractivity contribution in [2.24, 2.45) is 0 Å². The second-order valence-corrected chi connectivity index (χ2v) is 3.99. The predicted octanol–water partition coefficient (Wildman–Crippen LogP) is 1.80. The van der Waals surface area contributed by atoms with Gasteiger partial charge in [0, 0.05) is 24.3 Å². The molecule has 0 fully saturated rings. The van der Waals surface area contributed by atoms with Gasteiger partial charge in [-0.3, -0.25) is 4.98 Å². The molecule has 0 atom stereocenters. The molecule has 0 aliphatic carbocycles. The number of carbonyl (C=O) groups is 1. The number of nitrogens with one attached hydrogen (secondary N) is 1. The topological polar surface area (TPSA) is 78.9 Å². The summed E-state index contributed by atoms with van der Waals surface area (Å²) in [5.74, 6) is -0.300. The van der Waals surface area contributed by atoms with Crippen LogP contribution in [0.25, 0.3) is 0 Å². The fourth-order valence-corrected chi connectivity index (χ4v) is 1.85. The fourth-order valence-electron chi connectivity index (χ4n) is 1.11. The molecule has 2 rings (SSSR count). The molecule has 0 bridgehead atoms. The Morgan fingerprint density at radius 3 is 2.88 bits per heavy atom. The van der Waals surface area contributed by atoms with Gasteiger partial charge in [0.25, 0.3) is 0 Å². The first kappa shape index (κ1) is 10.7. The Balaban J connectivity index is 1.98. The highest BCUT2D eigenvalue weighted by atomic mass is 32.2. The minimum atomic E-state index is -0.960. The van der Waals surface area contributed by atoms with Gasteiger partial charge in [-0.05, 0) is 12.1 Å². The number of carboxylic acids is 1. The first-order valence-electron chi connectivity index (χ1n) is 4.56. The van der Waals surface area contributed by atoms with E-state index in [2.05, 4.69) is 15.0 Å². The highest BCUT2D eigenvalue weighted by Crippen LogP contribution is 2.17. The maximum absolute atomic E-state index is 10.6. The number of hydrogen-bond acceptors (Lipinski definition) is 4. The summed E-state index contributed by atoms with van der Waals surface area (Å²) in [7, 11) is 0. The Kier molecular flexibility index (Phi) is 3.21. The van der Waals surface area contributed by atoms with E-state index >= 15 is 0 Å². The van der Waals surface area contributed by atoms with E-state index < -0.39 is 5.97 Å². The lowest BCUT2D eigenvalue weighted by atomic mass is 10.2. The first-order valence-corrected chi connectivity index (χ1v) is 5.54. The zero-order chi connectivity index (χ0) is 11.4. The summed E-state index contributed by atoms with van der Waals surface area (Å²) in [4.78, 5) is 21.7. The SMILES string of the molecule is O=C(O)c1ccc(CSc2ncc[nH]2)nc1. The van der Waals surface area contributed by atoms with Crippen LogP contribution in [0.5, 0.6) is 0 Å². The summed E-state index contributed by atoms with van der Waals surface area (Å²) in [6, 6.07) is 3.26. The first-order chi connectivity index (χ1) is 7.75.